The zero-order valence-electron chi connectivity index (χ0n) is 17.1. The zero-order chi connectivity index (χ0) is 21.4. The summed E-state index contributed by atoms with van der Waals surface area (Å²) in [4.78, 5) is 35.1. The summed E-state index contributed by atoms with van der Waals surface area (Å²) in [7, 11) is -2.17. The van der Waals surface area contributed by atoms with E-state index < -0.39 is 38.9 Å². The second kappa shape index (κ2) is 10.2. The fraction of sp³-hybridized carbons (Fsp3) is 0.526. The molecule has 1 rings (SSSR count). The van der Waals surface area contributed by atoms with Gasteiger partial charge in [0.05, 0.1) is 6.61 Å². The highest BCUT2D eigenvalue weighted by atomic mass is 28.4. The van der Waals surface area contributed by atoms with Crippen LogP contribution in [0.4, 0.5) is 4.79 Å². The van der Waals surface area contributed by atoms with Gasteiger partial charge in [-0.3, -0.25) is 9.59 Å². The molecule has 1 aromatic carbocycles. The standard InChI is InChI=1S/C19H30N2O6Si/c1-19(2,3)28(4,5)27-13-15(17(24)20-11-16(22)23)21-18(25)26-12-14-9-7-6-8-10-14/h6-10,15H,11-13H2,1-5H3,(H,20,24)(H,21,25)(H,22,23)/t15-/m0/s1. The summed E-state index contributed by atoms with van der Waals surface area (Å²) in [5, 5.41) is 13.4. The van der Waals surface area contributed by atoms with Gasteiger partial charge in [-0.15, -0.1) is 0 Å². The predicted molar refractivity (Wildman–Crippen MR) is 107 cm³/mol. The molecule has 0 fully saturated rings. The summed E-state index contributed by atoms with van der Waals surface area (Å²) in [5.74, 6) is -1.82. The molecule has 0 spiro atoms. The van der Waals surface area contributed by atoms with Gasteiger partial charge in [-0.25, -0.2) is 4.79 Å². The molecular formula is C19H30N2O6Si. The Labute approximate surface area is 166 Å². The molecular weight excluding hydrogens is 380 g/mol. The van der Waals surface area contributed by atoms with Crippen molar-refractivity contribution in [3.63, 3.8) is 0 Å². The van der Waals surface area contributed by atoms with E-state index in [1.54, 1.807) is 0 Å². The fourth-order valence-electron chi connectivity index (χ4n) is 1.88. The molecule has 3 N–H and O–H groups in total. The van der Waals surface area contributed by atoms with Crippen molar-refractivity contribution in [2.75, 3.05) is 13.2 Å². The van der Waals surface area contributed by atoms with Crippen LogP contribution in [0.3, 0.4) is 0 Å². The lowest BCUT2D eigenvalue weighted by Gasteiger charge is -2.37. The largest absolute Gasteiger partial charge is 0.480 e. The van der Waals surface area contributed by atoms with Gasteiger partial charge in [-0.1, -0.05) is 51.1 Å². The number of alkyl carbamates (subject to hydrolysis) is 1. The molecule has 1 aromatic rings. The van der Waals surface area contributed by atoms with Crippen molar-refractivity contribution in [1.82, 2.24) is 10.6 Å². The molecule has 0 aliphatic heterocycles. The summed E-state index contributed by atoms with van der Waals surface area (Å²) < 4.78 is 11.2. The van der Waals surface area contributed by atoms with Crippen molar-refractivity contribution in [2.24, 2.45) is 0 Å². The lowest BCUT2D eigenvalue weighted by molar-refractivity contribution is -0.138. The summed E-state index contributed by atoms with van der Waals surface area (Å²) in [5.41, 5.74) is 0.807. The quantitative estimate of drug-likeness (QED) is 0.539. The summed E-state index contributed by atoms with van der Waals surface area (Å²) in [6.07, 6.45) is -0.779. The van der Waals surface area contributed by atoms with Gasteiger partial charge >= 0.3 is 12.1 Å². The van der Waals surface area contributed by atoms with E-state index in [9.17, 15) is 14.4 Å². The normalized spacial score (nSPS) is 12.8. The molecule has 0 heterocycles. The first-order valence-electron chi connectivity index (χ1n) is 9.03. The number of amides is 2. The Morgan fingerprint density at radius 2 is 1.75 bits per heavy atom. The van der Waals surface area contributed by atoms with E-state index in [0.717, 1.165) is 5.56 Å². The highest BCUT2D eigenvalue weighted by Crippen LogP contribution is 2.36. The maximum absolute atomic E-state index is 12.3. The molecule has 9 heteroatoms. The molecule has 0 saturated heterocycles. The van der Waals surface area contributed by atoms with E-state index in [0.29, 0.717) is 0 Å². The topological polar surface area (TPSA) is 114 Å². The number of hydrogen-bond donors (Lipinski definition) is 3. The molecule has 156 valence electrons. The molecule has 8 nitrogen and oxygen atoms in total. The van der Waals surface area contributed by atoms with Crippen LogP contribution in [0.25, 0.3) is 0 Å². The molecule has 0 aromatic heterocycles. The average molecular weight is 411 g/mol. The Morgan fingerprint density at radius 3 is 2.29 bits per heavy atom. The zero-order valence-corrected chi connectivity index (χ0v) is 18.1. The van der Waals surface area contributed by atoms with Crippen LogP contribution >= 0.6 is 0 Å². The Kier molecular flexibility index (Phi) is 8.64. The van der Waals surface area contributed by atoms with Crippen LogP contribution < -0.4 is 10.6 Å². The van der Waals surface area contributed by atoms with Crippen LogP contribution in [-0.4, -0.2) is 50.6 Å². The van der Waals surface area contributed by atoms with Crippen LogP contribution in [0.1, 0.15) is 26.3 Å². The fourth-order valence-corrected chi connectivity index (χ4v) is 2.90. The van der Waals surface area contributed by atoms with E-state index in [2.05, 4.69) is 31.4 Å². The van der Waals surface area contributed by atoms with Crippen LogP contribution in [0.2, 0.25) is 18.1 Å². The van der Waals surface area contributed by atoms with Gasteiger partial charge in [0.25, 0.3) is 0 Å². The number of carbonyl (C=O) groups excluding carboxylic acids is 2. The van der Waals surface area contributed by atoms with Gasteiger partial charge < -0.3 is 24.9 Å². The van der Waals surface area contributed by atoms with Crippen LogP contribution in [0.5, 0.6) is 0 Å². The van der Waals surface area contributed by atoms with E-state index in [1.807, 2.05) is 43.4 Å². The highest BCUT2D eigenvalue weighted by Gasteiger charge is 2.38. The maximum atomic E-state index is 12.3. The van der Waals surface area contributed by atoms with E-state index in [1.165, 1.54) is 0 Å². The molecule has 1 atom stereocenters. The Morgan fingerprint density at radius 1 is 1.14 bits per heavy atom. The Balaban J connectivity index is 2.72. The van der Waals surface area contributed by atoms with E-state index >= 15 is 0 Å². The highest BCUT2D eigenvalue weighted by molar-refractivity contribution is 6.74. The third-order valence-corrected chi connectivity index (χ3v) is 9.15. The van der Waals surface area contributed by atoms with E-state index in [4.69, 9.17) is 14.3 Å². The van der Waals surface area contributed by atoms with Crippen molar-refractivity contribution in [3.05, 3.63) is 35.9 Å². The van der Waals surface area contributed by atoms with Crippen molar-refractivity contribution in [2.45, 2.75) is 51.6 Å². The van der Waals surface area contributed by atoms with Gasteiger partial charge in [0.2, 0.25) is 5.91 Å². The smallest absolute Gasteiger partial charge is 0.408 e. The number of ether oxygens (including phenoxy) is 1. The average Bonchev–Trinajstić information content (AvgIpc) is 2.61. The third kappa shape index (κ3) is 8.09. The van der Waals surface area contributed by atoms with Crippen LogP contribution in [0.15, 0.2) is 30.3 Å². The Bertz CT molecular complexity index is 673. The second-order valence-electron chi connectivity index (χ2n) is 7.94. The second-order valence-corrected chi connectivity index (χ2v) is 12.8. The maximum Gasteiger partial charge on any atom is 0.408 e. The lowest BCUT2D eigenvalue weighted by atomic mass is 10.2. The number of benzene rings is 1. The first kappa shape index (κ1) is 23.6. The van der Waals surface area contributed by atoms with Gasteiger partial charge in [0.1, 0.15) is 19.2 Å². The lowest BCUT2D eigenvalue weighted by Crippen LogP contribution is -2.53. The number of carboxylic acid groups (broad SMARTS) is 1. The summed E-state index contributed by atoms with van der Waals surface area (Å²) in [6, 6.07) is 8.06. The summed E-state index contributed by atoms with van der Waals surface area (Å²) in [6.45, 7) is 9.65. The molecule has 28 heavy (non-hydrogen) atoms. The molecule has 0 unspecified atom stereocenters. The molecule has 2 amide bonds. The van der Waals surface area contributed by atoms with Gasteiger partial charge in [0.15, 0.2) is 8.32 Å². The van der Waals surface area contributed by atoms with Crippen LogP contribution in [0, 0.1) is 0 Å². The van der Waals surface area contributed by atoms with Gasteiger partial charge in [0, 0.05) is 0 Å². The molecule has 0 bridgehead atoms. The molecule has 0 saturated carbocycles. The minimum absolute atomic E-state index is 0.0548. The van der Waals surface area contributed by atoms with Crippen molar-refractivity contribution in [3.8, 4) is 0 Å². The molecule has 0 aliphatic carbocycles. The number of aliphatic carboxylic acids is 1. The van der Waals surface area contributed by atoms with Crippen LogP contribution in [-0.2, 0) is 25.4 Å². The number of rotatable bonds is 9. The SMILES string of the molecule is CC(C)(C)[Si](C)(C)OC[C@H](NC(=O)OCc1ccccc1)C(=O)NCC(=O)O. The molecule has 0 radical (unpaired) electrons. The number of carboxylic acids is 1. The number of nitrogens with one attached hydrogen (secondary N) is 2. The first-order chi connectivity index (χ1) is 12.9. The minimum Gasteiger partial charge on any atom is -0.480 e. The third-order valence-electron chi connectivity index (χ3n) is 4.65. The number of carbonyl (C=O) groups is 3. The monoisotopic (exact) mass is 410 g/mol. The van der Waals surface area contributed by atoms with Gasteiger partial charge in [-0.05, 0) is 23.7 Å². The number of hydrogen-bond acceptors (Lipinski definition) is 5. The first-order valence-corrected chi connectivity index (χ1v) is 11.9. The summed E-state index contributed by atoms with van der Waals surface area (Å²) >= 11 is 0. The Hall–Kier alpha value is -2.39. The molecule has 0 aliphatic rings. The van der Waals surface area contributed by atoms with Crippen molar-refractivity contribution in [1.29, 1.82) is 0 Å². The van der Waals surface area contributed by atoms with Gasteiger partial charge in [-0.2, -0.15) is 0 Å². The van der Waals surface area contributed by atoms with Crippen molar-refractivity contribution < 1.29 is 28.7 Å². The predicted octanol–water partition coefficient (Wildman–Crippen LogP) is 2.50. The van der Waals surface area contributed by atoms with Crippen molar-refractivity contribution >= 4 is 26.3 Å². The minimum atomic E-state index is -2.17. The van der Waals surface area contributed by atoms with E-state index in [-0.39, 0.29) is 18.3 Å².